The molecule has 0 saturated carbocycles. The molecule has 0 radical (unpaired) electrons. The van der Waals surface area contributed by atoms with Crippen molar-refractivity contribution >= 4 is 17.5 Å². The fourth-order valence-corrected chi connectivity index (χ4v) is 2.83. The van der Waals surface area contributed by atoms with Crippen molar-refractivity contribution in [3.63, 3.8) is 0 Å². The summed E-state index contributed by atoms with van der Waals surface area (Å²) in [6, 6.07) is 13.3. The number of hydrogen-bond acceptors (Lipinski definition) is 4. The third kappa shape index (κ3) is 5.01. The molecule has 2 aromatic carbocycles. The highest BCUT2D eigenvalue weighted by Gasteiger charge is 2.35. The van der Waals surface area contributed by atoms with Crippen LogP contribution in [0.3, 0.4) is 0 Å². The number of hydrogen-bond donors (Lipinski definition) is 0. The van der Waals surface area contributed by atoms with Gasteiger partial charge in [-0.1, -0.05) is 63.2 Å². The molecule has 0 aromatic heterocycles. The smallest absolute Gasteiger partial charge is 0.437 e. The molecular weight excluding hydrogens is 395 g/mol. The Morgan fingerprint density at radius 3 is 2.17 bits per heavy atom. The standard InChI is InChI=1S/C23H22F3NO3/c1-5-22(2,3)16-12-10-15(11-13-16)18(14-27)20(30-21(28)29-4)17-8-6-7-9-19(17)23(24,25)26/h6-13H,5H2,1-4H3. The van der Waals surface area contributed by atoms with E-state index in [4.69, 9.17) is 4.74 Å². The number of rotatable bonds is 5. The van der Waals surface area contributed by atoms with E-state index < -0.39 is 29.2 Å². The van der Waals surface area contributed by atoms with Crippen LogP contribution in [0.25, 0.3) is 11.3 Å². The lowest BCUT2D eigenvalue weighted by Gasteiger charge is -2.23. The molecule has 7 heteroatoms. The second-order valence-corrected chi connectivity index (χ2v) is 7.23. The molecule has 30 heavy (non-hydrogen) atoms. The van der Waals surface area contributed by atoms with Crippen LogP contribution in [0.15, 0.2) is 48.5 Å². The van der Waals surface area contributed by atoms with Gasteiger partial charge in [0.15, 0.2) is 5.76 Å². The molecule has 2 rings (SSSR count). The molecule has 0 heterocycles. The molecule has 0 amide bonds. The molecule has 0 N–H and O–H groups in total. The van der Waals surface area contributed by atoms with Gasteiger partial charge >= 0.3 is 12.3 Å². The number of methoxy groups -OCH3 is 1. The first kappa shape index (κ1) is 23.0. The van der Waals surface area contributed by atoms with Crippen LogP contribution >= 0.6 is 0 Å². The number of nitriles is 1. The molecule has 0 unspecified atom stereocenters. The number of carbonyl (C=O) groups is 1. The van der Waals surface area contributed by atoms with Gasteiger partial charge in [0, 0.05) is 5.56 Å². The highest BCUT2D eigenvalue weighted by Crippen LogP contribution is 2.38. The number of halogens is 3. The van der Waals surface area contributed by atoms with Crippen molar-refractivity contribution in [2.45, 2.75) is 38.8 Å². The zero-order chi connectivity index (χ0) is 22.5. The molecule has 0 saturated heterocycles. The summed E-state index contributed by atoms with van der Waals surface area (Å²) >= 11 is 0. The first-order valence-corrected chi connectivity index (χ1v) is 9.22. The maximum atomic E-state index is 13.5. The predicted molar refractivity (Wildman–Crippen MR) is 107 cm³/mol. The summed E-state index contributed by atoms with van der Waals surface area (Å²) in [5.41, 5.74) is -0.437. The van der Waals surface area contributed by atoms with Gasteiger partial charge in [0.1, 0.15) is 11.6 Å². The monoisotopic (exact) mass is 417 g/mol. The Hall–Kier alpha value is -3.27. The van der Waals surface area contributed by atoms with Crippen molar-refractivity contribution in [3.8, 4) is 6.07 Å². The molecule has 0 aliphatic rings. The van der Waals surface area contributed by atoms with Gasteiger partial charge in [-0.2, -0.15) is 18.4 Å². The first-order valence-electron chi connectivity index (χ1n) is 9.22. The van der Waals surface area contributed by atoms with Crippen LogP contribution in [-0.4, -0.2) is 13.3 Å². The van der Waals surface area contributed by atoms with Gasteiger partial charge in [0.2, 0.25) is 0 Å². The average Bonchev–Trinajstić information content (AvgIpc) is 2.73. The lowest BCUT2D eigenvalue weighted by Crippen LogP contribution is -2.15. The van der Waals surface area contributed by atoms with Crippen molar-refractivity contribution in [1.82, 2.24) is 0 Å². The number of benzene rings is 2. The van der Waals surface area contributed by atoms with E-state index >= 15 is 0 Å². The molecule has 0 aliphatic heterocycles. The summed E-state index contributed by atoms with van der Waals surface area (Å²) in [6.07, 6.45) is -5.06. The van der Waals surface area contributed by atoms with Crippen molar-refractivity contribution in [2.24, 2.45) is 0 Å². The molecule has 0 fully saturated rings. The van der Waals surface area contributed by atoms with E-state index in [1.165, 1.54) is 12.1 Å². The van der Waals surface area contributed by atoms with Crippen LogP contribution in [-0.2, 0) is 21.1 Å². The fourth-order valence-electron chi connectivity index (χ4n) is 2.83. The maximum Gasteiger partial charge on any atom is 0.513 e. The SMILES string of the molecule is CCC(C)(C)c1ccc(C(C#N)=C(OC(=O)OC)c2ccccc2C(F)(F)F)cc1. The maximum absolute atomic E-state index is 13.5. The second kappa shape index (κ2) is 9.04. The average molecular weight is 417 g/mol. The molecule has 0 aliphatic carbocycles. The number of ether oxygens (including phenoxy) is 2. The Morgan fingerprint density at radius 2 is 1.67 bits per heavy atom. The van der Waals surface area contributed by atoms with E-state index in [0.29, 0.717) is 5.56 Å². The van der Waals surface area contributed by atoms with Gasteiger partial charge in [-0.25, -0.2) is 4.79 Å². The van der Waals surface area contributed by atoms with Crippen molar-refractivity contribution < 1.29 is 27.4 Å². The lowest BCUT2D eigenvalue weighted by atomic mass is 9.81. The normalized spacial score (nSPS) is 12.6. The minimum absolute atomic E-state index is 0.108. The molecule has 158 valence electrons. The number of nitrogens with zero attached hydrogens (tertiary/aromatic N) is 1. The van der Waals surface area contributed by atoms with Crippen LogP contribution in [0.5, 0.6) is 0 Å². The molecular formula is C23H22F3NO3. The van der Waals surface area contributed by atoms with Crippen LogP contribution in [0.1, 0.15) is 49.4 Å². The van der Waals surface area contributed by atoms with Crippen molar-refractivity contribution in [2.75, 3.05) is 7.11 Å². The summed E-state index contributed by atoms with van der Waals surface area (Å²) in [4.78, 5) is 11.8. The van der Waals surface area contributed by atoms with E-state index in [2.05, 4.69) is 18.6 Å². The summed E-state index contributed by atoms with van der Waals surface area (Å²) in [6.45, 7) is 6.17. The topological polar surface area (TPSA) is 59.3 Å². The van der Waals surface area contributed by atoms with E-state index in [-0.39, 0.29) is 11.0 Å². The van der Waals surface area contributed by atoms with Crippen molar-refractivity contribution in [1.29, 1.82) is 5.26 Å². The van der Waals surface area contributed by atoms with Gasteiger partial charge in [0.05, 0.1) is 12.7 Å². The predicted octanol–water partition coefficient (Wildman–Crippen LogP) is 6.57. The summed E-state index contributed by atoms with van der Waals surface area (Å²) in [5.74, 6) is -0.514. The molecule has 4 nitrogen and oxygen atoms in total. The second-order valence-electron chi connectivity index (χ2n) is 7.23. The van der Waals surface area contributed by atoms with Crippen LogP contribution in [0, 0.1) is 11.3 Å². The van der Waals surface area contributed by atoms with Gasteiger partial charge < -0.3 is 9.47 Å². The molecule has 0 atom stereocenters. The quantitative estimate of drug-likeness (QED) is 0.239. The summed E-state index contributed by atoms with van der Waals surface area (Å²) in [7, 11) is 1.03. The van der Waals surface area contributed by atoms with E-state index in [9.17, 15) is 23.2 Å². The van der Waals surface area contributed by atoms with Gasteiger partial charge in [0.25, 0.3) is 0 Å². The Balaban J connectivity index is 2.73. The largest absolute Gasteiger partial charge is 0.513 e. The van der Waals surface area contributed by atoms with Crippen LogP contribution < -0.4 is 0 Å². The lowest BCUT2D eigenvalue weighted by molar-refractivity contribution is -0.137. The van der Waals surface area contributed by atoms with Crippen LogP contribution in [0.2, 0.25) is 0 Å². The number of carbonyl (C=O) groups excluding carboxylic acids is 1. The van der Waals surface area contributed by atoms with E-state index in [1.807, 2.05) is 25.1 Å². The third-order valence-corrected chi connectivity index (χ3v) is 5.01. The highest BCUT2D eigenvalue weighted by atomic mass is 19.4. The van der Waals surface area contributed by atoms with Gasteiger partial charge in [-0.05, 0) is 29.0 Å². The van der Waals surface area contributed by atoms with Gasteiger partial charge in [-0.15, -0.1) is 0 Å². The molecule has 0 spiro atoms. The van der Waals surface area contributed by atoms with E-state index in [0.717, 1.165) is 31.2 Å². The van der Waals surface area contributed by atoms with Crippen LogP contribution in [0.4, 0.5) is 18.0 Å². The zero-order valence-electron chi connectivity index (χ0n) is 17.1. The Labute approximate surface area is 173 Å². The Kier molecular flexibility index (Phi) is 6.93. The summed E-state index contributed by atoms with van der Waals surface area (Å²) in [5, 5.41) is 9.74. The Bertz CT molecular complexity index is 984. The highest BCUT2D eigenvalue weighted by molar-refractivity contribution is 5.97. The molecule has 2 aromatic rings. The fraction of sp³-hybridized carbons (Fsp3) is 0.304. The minimum Gasteiger partial charge on any atom is -0.437 e. The first-order chi connectivity index (χ1) is 14.0. The number of alkyl halides is 3. The third-order valence-electron chi connectivity index (χ3n) is 5.01. The minimum atomic E-state index is -4.71. The zero-order valence-corrected chi connectivity index (χ0v) is 17.1. The summed E-state index contributed by atoms with van der Waals surface area (Å²) < 4.78 is 50.1. The van der Waals surface area contributed by atoms with E-state index in [1.54, 1.807) is 12.1 Å². The number of allylic oxidation sites excluding steroid dienone is 1. The van der Waals surface area contributed by atoms with Crippen molar-refractivity contribution in [3.05, 3.63) is 70.8 Å². The molecule has 0 bridgehead atoms. The Morgan fingerprint density at radius 1 is 1.07 bits per heavy atom. The van der Waals surface area contributed by atoms with Gasteiger partial charge in [-0.3, -0.25) is 0 Å².